The number of benzene rings is 2. The molecule has 6 heteroatoms. The number of aromatic nitrogens is 1. The number of hydrogen-bond acceptors (Lipinski definition) is 5. The van der Waals surface area contributed by atoms with E-state index in [0.717, 1.165) is 10.0 Å². The predicted octanol–water partition coefficient (Wildman–Crippen LogP) is 3.86. The molecule has 3 rings (SSSR count). The molecule has 1 aromatic heterocycles. The van der Waals surface area contributed by atoms with Gasteiger partial charge in [0, 0.05) is 16.1 Å². The van der Waals surface area contributed by atoms with Crippen LogP contribution in [0.3, 0.4) is 0 Å². The molecule has 2 N–H and O–H groups in total. The van der Waals surface area contributed by atoms with E-state index in [0.29, 0.717) is 34.2 Å². The van der Waals surface area contributed by atoms with Gasteiger partial charge in [-0.25, -0.2) is 4.98 Å². The van der Waals surface area contributed by atoms with Crippen LogP contribution in [0.2, 0.25) is 0 Å². The van der Waals surface area contributed by atoms with E-state index in [-0.39, 0.29) is 0 Å². The van der Waals surface area contributed by atoms with Crippen molar-refractivity contribution >= 4 is 32.7 Å². The Morgan fingerprint density at radius 3 is 2.33 bits per heavy atom. The van der Waals surface area contributed by atoms with Crippen LogP contribution in [0.1, 0.15) is 0 Å². The molecule has 0 aliphatic carbocycles. The molecule has 0 saturated heterocycles. The fourth-order valence-corrected chi connectivity index (χ4v) is 2.54. The highest BCUT2D eigenvalue weighted by molar-refractivity contribution is 9.10. The van der Waals surface area contributed by atoms with Crippen LogP contribution in [0.4, 0.5) is 5.69 Å². The van der Waals surface area contributed by atoms with E-state index < -0.39 is 0 Å². The Morgan fingerprint density at radius 1 is 1.05 bits per heavy atom. The van der Waals surface area contributed by atoms with Crippen molar-refractivity contribution in [1.29, 1.82) is 0 Å². The molecule has 21 heavy (non-hydrogen) atoms. The standard InChI is InChI=1S/C15H13BrN2O3/c1-19-10-3-8(4-11(7-10)20-2)15-18-13-6-9(16)5-12(17)14(13)21-15/h3-7H,17H2,1-2H3. The fourth-order valence-electron chi connectivity index (χ4n) is 2.08. The van der Waals surface area contributed by atoms with Crippen LogP contribution in [0.25, 0.3) is 22.6 Å². The Labute approximate surface area is 129 Å². The molecule has 0 spiro atoms. The Kier molecular flexibility index (Phi) is 3.47. The van der Waals surface area contributed by atoms with Gasteiger partial charge in [0.25, 0.3) is 0 Å². The van der Waals surface area contributed by atoms with E-state index in [1.807, 2.05) is 18.2 Å². The van der Waals surface area contributed by atoms with Gasteiger partial charge in [-0.15, -0.1) is 0 Å². The van der Waals surface area contributed by atoms with Crippen LogP contribution >= 0.6 is 15.9 Å². The number of anilines is 1. The molecule has 0 aliphatic rings. The van der Waals surface area contributed by atoms with Crippen molar-refractivity contribution in [2.75, 3.05) is 20.0 Å². The van der Waals surface area contributed by atoms with Gasteiger partial charge in [0.15, 0.2) is 5.58 Å². The van der Waals surface area contributed by atoms with Gasteiger partial charge in [-0.3, -0.25) is 0 Å². The number of ether oxygens (including phenoxy) is 2. The number of hydrogen-bond donors (Lipinski definition) is 1. The van der Waals surface area contributed by atoms with Crippen molar-refractivity contribution in [3.63, 3.8) is 0 Å². The molecular weight excluding hydrogens is 336 g/mol. The lowest BCUT2D eigenvalue weighted by Crippen LogP contribution is -1.88. The smallest absolute Gasteiger partial charge is 0.227 e. The summed E-state index contributed by atoms with van der Waals surface area (Å²) in [6.07, 6.45) is 0. The van der Waals surface area contributed by atoms with E-state index in [9.17, 15) is 0 Å². The molecule has 0 aliphatic heterocycles. The minimum Gasteiger partial charge on any atom is -0.497 e. The molecule has 0 amide bonds. The number of oxazole rings is 1. The van der Waals surface area contributed by atoms with Gasteiger partial charge in [-0.1, -0.05) is 15.9 Å². The van der Waals surface area contributed by atoms with Gasteiger partial charge >= 0.3 is 0 Å². The predicted molar refractivity (Wildman–Crippen MR) is 84.7 cm³/mol. The number of nitrogen functional groups attached to an aromatic ring is 1. The highest BCUT2D eigenvalue weighted by Crippen LogP contribution is 2.34. The van der Waals surface area contributed by atoms with Crippen LogP contribution < -0.4 is 15.2 Å². The lowest BCUT2D eigenvalue weighted by molar-refractivity contribution is 0.394. The summed E-state index contributed by atoms with van der Waals surface area (Å²) in [6, 6.07) is 9.09. The topological polar surface area (TPSA) is 70.5 Å². The number of nitrogens with two attached hydrogens (primary N) is 1. The summed E-state index contributed by atoms with van der Waals surface area (Å²) in [5.41, 5.74) is 8.50. The Morgan fingerprint density at radius 2 is 1.71 bits per heavy atom. The van der Waals surface area contributed by atoms with E-state index in [1.165, 1.54) is 0 Å². The highest BCUT2D eigenvalue weighted by atomic mass is 79.9. The third-order valence-corrected chi connectivity index (χ3v) is 3.54. The van der Waals surface area contributed by atoms with Gasteiger partial charge in [0.05, 0.1) is 19.9 Å². The zero-order valence-corrected chi connectivity index (χ0v) is 13.1. The average Bonchev–Trinajstić information content (AvgIpc) is 2.91. The molecule has 3 aromatic rings. The SMILES string of the molecule is COc1cc(OC)cc(-c2nc3cc(Br)cc(N)c3o2)c1. The Hall–Kier alpha value is -2.21. The Bertz CT molecular complexity index is 792. The van der Waals surface area contributed by atoms with E-state index in [1.54, 1.807) is 26.4 Å². The minimum absolute atomic E-state index is 0.465. The summed E-state index contributed by atoms with van der Waals surface area (Å²) in [7, 11) is 3.19. The number of nitrogens with zero attached hydrogens (tertiary/aromatic N) is 1. The summed E-state index contributed by atoms with van der Waals surface area (Å²) in [6.45, 7) is 0. The van der Waals surface area contributed by atoms with Crippen LogP contribution in [-0.4, -0.2) is 19.2 Å². The van der Waals surface area contributed by atoms with Gasteiger partial charge in [-0.2, -0.15) is 0 Å². The molecule has 5 nitrogen and oxygen atoms in total. The lowest BCUT2D eigenvalue weighted by atomic mass is 10.2. The first kappa shape index (κ1) is 13.8. The number of halogens is 1. The molecule has 1 heterocycles. The first-order chi connectivity index (χ1) is 10.1. The summed E-state index contributed by atoms with van der Waals surface area (Å²) >= 11 is 3.39. The van der Waals surface area contributed by atoms with Crippen molar-refractivity contribution in [3.05, 3.63) is 34.8 Å². The number of methoxy groups -OCH3 is 2. The maximum Gasteiger partial charge on any atom is 0.227 e. The molecule has 0 fully saturated rings. The van der Waals surface area contributed by atoms with Crippen LogP contribution in [-0.2, 0) is 0 Å². The first-order valence-electron chi connectivity index (χ1n) is 6.19. The van der Waals surface area contributed by atoms with Crippen molar-refractivity contribution < 1.29 is 13.9 Å². The third kappa shape index (κ3) is 2.54. The molecular formula is C15H13BrN2O3. The molecule has 0 saturated carbocycles. The average molecular weight is 349 g/mol. The number of rotatable bonds is 3. The second-order valence-corrected chi connectivity index (χ2v) is 5.38. The van der Waals surface area contributed by atoms with Crippen molar-refractivity contribution in [3.8, 4) is 23.0 Å². The first-order valence-corrected chi connectivity index (χ1v) is 6.99. The Balaban J connectivity index is 2.18. The summed E-state index contributed by atoms with van der Waals surface area (Å²) in [5.74, 6) is 1.80. The molecule has 108 valence electrons. The molecule has 0 unspecified atom stereocenters. The largest absolute Gasteiger partial charge is 0.497 e. The van der Waals surface area contributed by atoms with E-state index >= 15 is 0 Å². The lowest BCUT2D eigenvalue weighted by Gasteiger charge is -2.05. The zero-order valence-electron chi connectivity index (χ0n) is 11.5. The fraction of sp³-hybridized carbons (Fsp3) is 0.133. The second kappa shape index (κ2) is 5.29. The molecule has 0 bridgehead atoms. The normalized spacial score (nSPS) is 10.8. The maximum absolute atomic E-state index is 5.95. The summed E-state index contributed by atoms with van der Waals surface area (Å²) in [4.78, 5) is 4.47. The van der Waals surface area contributed by atoms with Crippen LogP contribution in [0.15, 0.2) is 39.2 Å². The third-order valence-electron chi connectivity index (χ3n) is 3.08. The maximum atomic E-state index is 5.95. The van der Waals surface area contributed by atoms with Crippen LogP contribution in [0, 0.1) is 0 Å². The second-order valence-electron chi connectivity index (χ2n) is 4.46. The zero-order chi connectivity index (χ0) is 15.0. The van der Waals surface area contributed by atoms with Gasteiger partial charge in [0.1, 0.15) is 17.0 Å². The van der Waals surface area contributed by atoms with Gasteiger partial charge in [-0.05, 0) is 24.3 Å². The van der Waals surface area contributed by atoms with Crippen molar-refractivity contribution in [1.82, 2.24) is 4.98 Å². The van der Waals surface area contributed by atoms with Crippen molar-refractivity contribution in [2.24, 2.45) is 0 Å². The highest BCUT2D eigenvalue weighted by Gasteiger charge is 2.13. The van der Waals surface area contributed by atoms with Crippen molar-refractivity contribution in [2.45, 2.75) is 0 Å². The van der Waals surface area contributed by atoms with Gasteiger partial charge in [0.2, 0.25) is 5.89 Å². The molecule has 2 aromatic carbocycles. The minimum atomic E-state index is 0.465. The van der Waals surface area contributed by atoms with Crippen LogP contribution in [0.5, 0.6) is 11.5 Å². The molecule has 0 atom stereocenters. The number of fused-ring (bicyclic) bond motifs is 1. The van der Waals surface area contributed by atoms with E-state index in [2.05, 4.69) is 20.9 Å². The summed E-state index contributed by atoms with van der Waals surface area (Å²) in [5, 5.41) is 0. The quantitative estimate of drug-likeness (QED) is 0.727. The molecule has 0 radical (unpaired) electrons. The van der Waals surface area contributed by atoms with E-state index in [4.69, 9.17) is 19.6 Å². The summed E-state index contributed by atoms with van der Waals surface area (Å²) < 4.78 is 17.1. The monoisotopic (exact) mass is 348 g/mol. The van der Waals surface area contributed by atoms with Gasteiger partial charge < -0.3 is 19.6 Å².